The third-order valence-electron chi connectivity index (χ3n) is 1.62. The summed E-state index contributed by atoms with van der Waals surface area (Å²) in [5, 5.41) is 17.4. The van der Waals surface area contributed by atoms with E-state index in [1.807, 2.05) is 0 Å². The number of aliphatic hydroxyl groups excluding tert-OH is 1. The van der Waals surface area contributed by atoms with Gasteiger partial charge in [-0.15, -0.1) is 0 Å². The number of benzene rings is 1. The monoisotopic (exact) mass is 165 g/mol. The van der Waals surface area contributed by atoms with E-state index in [1.54, 1.807) is 6.07 Å². The molecule has 0 aliphatic heterocycles. The Morgan fingerprint density at radius 3 is 2.67 bits per heavy atom. The first-order chi connectivity index (χ1) is 5.65. The van der Waals surface area contributed by atoms with Gasteiger partial charge in [0.2, 0.25) is 0 Å². The molecular weight excluding hydrogens is 156 g/mol. The molecule has 1 aromatic carbocycles. The number of carboxylic acids is 1. The molecule has 0 amide bonds. The predicted octanol–water partition coefficient (Wildman–Crippen LogP) is 1.06. The SMILES string of the molecule is [CH2]c1ccc(C(=O)O)cc1CO. The minimum absolute atomic E-state index is 0.173. The van der Waals surface area contributed by atoms with E-state index >= 15 is 0 Å². The van der Waals surface area contributed by atoms with Gasteiger partial charge in [0.1, 0.15) is 0 Å². The maximum absolute atomic E-state index is 10.5. The van der Waals surface area contributed by atoms with Gasteiger partial charge in [-0.1, -0.05) is 6.07 Å². The van der Waals surface area contributed by atoms with Gasteiger partial charge in [-0.3, -0.25) is 0 Å². The van der Waals surface area contributed by atoms with Crippen molar-refractivity contribution in [2.24, 2.45) is 0 Å². The Morgan fingerprint density at radius 2 is 2.17 bits per heavy atom. The number of hydrogen-bond acceptors (Lipinski definition) is 2. The van der Waals surface area contributed by atoms with Gasteiger partial charge in [0, 0.05) is 0 Å². The van der Waals surface area contributed by atoms with E-state index in [0.717, 1.165) is 0 Å². The number of hydrogen-bond donors (Lipinski definition) is 2. The van der Waals surface area contributed by atoms with Crippen LogP contribution in [-0.4, -0.2) is 16.2 Å². The van der Waals surface area contributed by atoms with Gasteiger partial charge in [0.25, 0.3) is 0 Å². The Balaban J connectivity index is 3.13. The summed E-state index contributed by atoms with van der Waals surface area (Å²) < 4.78 is 0. The summed E-state index contributed by atoms with van der Waals surface area (Å²) in [5.41, 5.74) is 1.38. The third kappa shape index (κ3) is 1.62. The summed E-state index contributed by atoms with van der Waals surface area (Å²) in [5.74, 6) is -0.996. The maximum Gasteiger partial charge on any atom is 0.335 e. The van der Waals surface area contributed by atoms with Gasteiger partial charge in [-0.2, -0.15) is 0 Å². The zero-order valence-electron chi connectivity index (χ0n) is 6.45. The van der Waals surface area contributed by atoms with Crippen molar-refractivity contribution in [3.8, 4) is 0 Å². The molecule has 0 saturated carbocycles. The van der Waals surface area contributed by atoms with Crippen molar-refractivity contribution < 1.29 is 15.0 Å². The van der Waals surface area contributed by atoms with Crippen LogP contribution in [0.3, 0.4) is 0 Å². The molecule has 0 aromatic heterocycles. The van der Waals surface area contributed by atoms with Crippen molar-refractivity contribution in [3.05, 3.63) is 41.8 Å². The van der Waals surface area contributed by atoms with Crippen molar-refractivity contribution in [2.45, 2.75) is 6.61 Å². The van der Waals surface area contributed by atoms with Crippen LogP contribution >= 0.6 is 0 Å². The number of aliphatic hydroxyl groups is 1. The maximum atomic E-state index is 10.5. The molecule has 0 aliphatic carbocycles. The second-order valence-electron chi connectivity index (χ2n) is 2.45. The summed E-state index contributed by atoms with van der Waals surface area (Å²) in [6.45, 7) is 3.46. The lowest BCUT2D eigenvalue weighted by atomic mass is 10.1. The fourth-order valence-corrected chi connectivity index (χ4v) is 0.906. The van der Waals surface area contributed by atoms with Crippen LogP contribution in [0.1, 0.15) is 21.5 Å². The highest BCUT2D eigenvalue weighted by molar-refractivity contribution is 5.87. The van der Waals surface area contributed by atoms with E-state index in [1.165, 1.54) is 12.1 Å². The zero-order chi connectivity index (χ0) is 9.14. The molecular formula is C9H9O3. The van der Waals surface area contributed by atoms with Gasteiger partial charge in [0.15, 0.2) is 0 Å². The molecule has 12 heavy (non-hydrogen) atoms. The van der Waals surface area contributed by atoms with Gasteiger partial charge < -0.3 is 10.2 Å². The summed E-state index contributed by atoms with van der Waals surface area (Å²) in [7, 11) is 0. The molecule has 1 radical (unpaired) electrons. The lowest BCUT2D eigenvalue weighted by molar-refractivity contribution is 0.0696. The average molecular weight is 165 g/mol. The largest absolute Gasteiger partial charge is 0.478 e. The summed E-state index contributed by atoms with van der Waals surface area (Å²) in [6.07, 6.45) is 0. The van der Waals surface area contributed by atoms with Crippen molar-refractivity contribution >= 4 is 5.97 Å². The second-order valence-corrected chi connectivity index (χ2v) is 2.45. The van der Waals surface area contributed by atoms with Gasteiger partial charge in [-0.05, 0) is 30.2 Å². The fourth-order valence-electron chi connectivity index (χ4n) is 0.906. The first kappa shape index (κ1) is 8.74. The Hall–Kier alpha value is -1.35. The van der Waals surface area contributed by atoms with Crippen molar-refractivity contribution in [3.63, 3.8) is 0 Å². The fraction of sp³-hybridized carbons (Fsp3) is 0.111. The topological polar surface area (TPSA) is 57.5 Å². The lowest BCUT2D eigenvalue weighted by Gasteiger charge is -2.02. The Bertz CT molecular complexity index is 305. The quantitative estimate of drug-likeness (QED) is 0.688. The standard InChI is InChI=1S/C9H9O3/c1-6-2-3-7(9(11)12)4-8(6)5-10/h2-4,10H,1,5H2,(H,11,12). The molecule has 3 heteroatoms. The smallest absolute Gasteiger partial charge is 0.335 e. The molecule has 0 heterocycles. The Kier molecular flexibility index (Phi) is 2.45. The van der Waals surface area contributed by atoms with E-state index in [9.17, 15) is 4.79 Å². The second kappa shape index (κ2) is 3.36. The van der Waals surface area contributed by atoms with Crippen LogP contribution in [-0.2, 0) is 6.61 Å². The molecule has 3 nitrogen and oxygen atoms in total. The molecule has 0 saturated heterocycles. The number of rotatable bonds is 2. The van der Waals surface area contributed by atoms with Crippen LogP contribution in [0.15, 0.2) is 18.2 Å². The molecule has 0 spiro atoms. The number of aromatic carboxylic acids is 1. The van der Waals surface area contributed by atoms with E-state index in [0.29, 0.717) is 11.1 Å². The van der Waals surface area contributed by atoms with Gasteiger partial charge in [0.05, 0.1) is 12.2 Å². The first-order valence-electron chi connectivity index (χ1n) is 3.44. The van der Waals surface area contributed by atoms with Gasteiger partial charge >= 0.3 is 5.97 Å². The molecule has 0 unspecified atom stereocenters. The van der Waals surface area contributed by atoms with Crippen LogP contribution in [0.5, 0.6) is 0 Å². The predicted molar refractivity (Wildman–Crippen MR) is 43.8 cm³/mol. The minimum Gasteiger partial charge on any atom is -0.478 e. The minimum atomic E-state index is -0.996. The molecule has 0 atom stereocenters. The van der Waals surface area contributed by atoms with Crippen LogP contribution in [0.25, 0.3) is 0 Å². The molecule has 1 aromatic rings. The molecule has 0 fully saturated rings. The van der Waals surface area contributed by atoms with Crippen LogP contribution in [0, 0.1) is 6.92 Å². The van der Waals surface area contributed by atoms with E-state index < -0.39 is 5.97 Å². The Morgan fingerprint density at radius 1 is 1.50 bits per heavy atom. The number of carbonyl (C=O) groups is 1. The number of carboxylic acid groups (broad SMARTS) is 1. The molecule has 2 N–H and O–H groups in total. The lowest BCUT2D eigenvalue weighted by Crippen LogP contribution is -1.98. The third-order valence-corrected chi connectivity index (χ3v) is 1.62. The molecule has 1 rings (SSSR count). The summed E-state index contributed by atoms with van der Waals surface area (Å²) >= 11 is 0. The van der Waals surface area contributed by atoms with Crippen LogP contribution in [0.4, 0.5) is 0 Å². The highest BCUT2D eigenvalue weighted by Crippen LogP contribution is 2.10. The Labute approximate surface area is 70.3 Å². The van der Waals surface area contributed by atoms with Crippen molar-refractivity contribution in [1.82, 2.24) is 0 Å². The average Bonchev–Trinajstić information content (AvgIpc) is 2.05. The van der Waals surface area contributed by atoms with Crippen molar-refractivity contribution in [1.29, 1.82) is 0 Å². The van der Waals surface area contributed by atoms with Crippen molar-refractivity contribution in [2.75, 3.05) is 0 Å². The molecule has 0 aliphatic rings. The van der Waals surface area contributed by atoms with E-state index in [4.69, 9.17) is 10.2 Å². The van der Waals surface area contributed by atoms with Crippen LogP contribution < -0.4 is 0 Å². The normalized spacial score (nSPS) is 9.83. The van der Waals surface area contributed by atoms with E-state index in [-0.39, 0.29) is 12.2 Å². The summed E-state index contributed by atoms with van der Waals surface area (Å²) in [6, 6.07) is 4.46. The summed E-state index contributed by atoms with van der Waals surface area (Å²) in [4.78, 5) is 10.5. The van der Waals surface area contributed by atoms with Gasteiger partial charge in [-0.25, -0.2) is 4.79 Å². The highest BCUT2D eigenvalue weighted by atomic mass is 16.4. The highest BCUT2D eigenvalue weighted by Gasteiger charge is 2.04. The zero-order valence-corrected chi connectivity index (χ0v) is 6.45. The van der Waals surface area contributed by atoms with Crippen LogP contribution in [0.2, 0.25) is 0 Å². The molecule has 0 bridgehead atoms. The molecule has 63 valence electrons. The van der Waals surface area contributed by atoms with E-state index in [2.05, 4.69) is 6.92 Å². The first-order valence-corrected chi connectivity index (χ1v) is 3.44.